The number of nitro groups is 1. The Morgan fingerprint density at radius 2 is 1.86 bits per heavy atom. The van der Waals surface area contributed by atoms with Crippen LogP contribution in [0.3, 0.4) is 0 Å². The molecule has 186 valence electrons. The molecule has 1 spiro atoms. The predicted molar refractivity (Wildman–Crippen MR) is 131 cm³/mol. The van der Waals surface area contributed by atoms with Crippen molar-refractivity contribution in [2.75, 3.05) is 25.5 Å². The van der Waals surface area contributed by atoms with Crippen molar-refractivity contribution in [3.63, 3.8) is 0 Å². The minimum atomic E-state index is -1.41. The number of fused-ring (bicyclic) bond motifs is 2. The van der Waals surface area contributed by atoms with E-state index in [0.717, 1.165) is 5.56 Å². The van der Waals surface area contributed by atoms with Crippen molar-refractivity contribution in [1.82, 2.24) is 4.90 Å². The van der Waals surface area contributed by atoms with Gasteiger partial charge in [0.1, 0.15) is 12.4 Å². The molecule has 0 radical (unpaired) electrons. The predicted octanol–water partition coefficient (Wildman–Crippen LogP) is 4.33. The molecule has 0 aromatic heterocycles. The number of hydrogen-bond acceptors (Lipinski definition) is 6. The SMILES string of the molecule is CCOc1cc([C@@H]2CN(C)[C@@]3(C(=O)Nc4ccccc43)[C@H]2[N+](=O)[O-])ccc1OCc1ccc(F)cc1. The lowest BCUT2D eigenvalue weighted by Gasteiger charge is -2.30. The molecule has 9 heteroatoms. The molecule has 36 heavy (non-hydrogen) atoms. The molecule has 3 atom stereocenters. The molecule has 0 unspecified atom stereocenters. The zero-order chi connectivity index (χ0) is 25.4. The van der Waals surface area contributed by atoms with E-state index in [1.54, 1.807) is 66.5 Å². The van der Waals surface area contributed by atoms with E-state index in [1.807, 2.05) is 6.92 Å². The van der Waals surface area contributed by atoms with Gasteiger partial charge in [0.2, 0.25) is 0 Å². The first-order valence-electron chi connectivity index (χ1n) is 11.8. The van der Waals surface area contributed by atoms with Gasteiger partial charge in [0, 0.05) is 22.7 Å². The van der Waals surface area contributed by atoms with Crippen LogP contribution < -0.4 is 14.8 Å². The van der Waals surface area contributed by atoms with Gasteiger partial charge in [-0.2, -0.15) is 0 Å². The van der Waals surface area contributed by atoms with Crippen LogP contribution in [0.15, 0.2) is 66.7 Å². The fourth-order valence-electron chi connectivity index (χ4n) is 5.46. The summed E-state index contributed by atoms with van der Waals surface area (Å²) in [6, 6.07) is 17.2. The van der Waals surface area contributed by atoms with Crippen molar-refractivity contribution in [3.8, 4) is 11.5 Å². The lowest BCUT2D eigenvalue weighted by molar-refractivity contribution is -0.534. The van der Waals surface area contributed by atoms with E-state index in [2.05, 4.69) is 5.32 Å². The van der Waals surface area contributed by atoms with Crippen LogP contribution in [0.1, 0.15) is 29.5 Å². The molecule has 2 heterocycles. The second-order valence-electron chi connectivity index (χ2n) is 9.04. The third-order valence-corrected chi connectivity index (χ3v) is 7.04. The van der Waals surface area contributed by atoms with Gasteiger partial charge >= 0.3 is 0 Å². The van der Waals surface area contributed by atoms with Crippen LogP contribution >= 0.6 is 0 Å². The number of amides is 1. The number of para-hydroxylation sites is 1. The topological polar surface area (TPSA) is 93.9 Å². The average Bonchev–Trinajstić information content (AvgIpc) is 3.34. The lowest BCUT2D eigenvalue weighted by Crippen LogP contribution is -2.54. The van der Waals surface area contributed by atoms with Gasteiger partial charge in [-0.15, -0.1) is 0 Å². The van der Waals surface area contributed by atoms with E-state index >= 15 is 0 Å². The Bertz CT molecular complexity index is 1320. The smallest absolute Gasteiger partial charge is 0.256 e. The molecule has 2 aliphatic heterocycles. The van der Waals surface area contributed by atoms with Crippen LogP contribution in [-0.2, 0) is 16.9 Å². The van der Waals surface area contributed by atoms with Gasteiger partial charge in [0.15, 0.2) is 17.0 Å². The average molecular weight is 492 g/mol. The highest BCUT2D eigenvalue weighted by atomic mass is 19.1. The number of halogens is 1. The summed E-state index contributed by atoms with van der Waals surface area (Å²) in [4.78, 5) is 27.3. The summed E-state index contributed by atoms with van der Waals surface area (Å²) in [6.45, 7) is 2.74. The summed E-state index contributed by atoms with van der Waals surface area (Å²) >= 11 is 0. The molecule has 2 aliphatic rings. The van der Waals surface area contributed by atoms with E-state index < -0.39 is 17.5 Å². The highest BCUT2D eigenvalue weighted by Crippen LogP contribution is 2.52. The minimum Gasteiger partial charge on any atom is -0.490 e. The van der Waals surface area contributed by atoms with Crippen molar-refractivity contribution in [1.29, 1.82) is 0 Å². The largest absolute Gasteiger partial charge is 0.490 e. The van der Waals surface area contributed by atoms with Gasteiger partial charge in [-0.25, -0.2) is 4.39 Å². The number of benzene rings is 3. The number of hydrogen-bond donors (Lipinski definition) is 1. The maximum Gasteiger partial charge on any atom is 0.256 e. The molecule has 0 bridgehead atoms. The first kappa shape index (κ1) is 23.7. The number of likely N-dealkylation sites (tertiary alicyclic amines) is 1. The van der Waals surface area contributed by atoms with Crippen LogP contribution in [0.5, 0.6) is 11.5 Å². The molecule has 8 nitrogen and oxygen atoms in total. The quantitative estimate of drug-likeness (QED) is 0.391. The van der Waals surface area contributed by atoms with Crippen LogP contribution in [0.4, 0.5) is 10.1 Å². The standard InChI is InChI=1S/C27H26FN3O5/c1-3-35-24-14-18(10-13-23(24)36-16-17-8-11-19(28)12-9-17)20-15-30(2)27(25(20)31(33)34)21-6-4-5-7-22(21)29-26(27)32/h4-14,20,25H,3,15-16H2,1-2H3,(H,29,32)/t20-,25-,27+/m0/s1. The summed E-state index contributed by atoms with van der Waals surface area (Å²) in [7, 11) is 1.75. The Labute approximate surface area is 207 Å². The van der Waals surface area contributed by atoms with Crippen molar-refractivity contribution < 1.29 is 23.6 Å². The van der Waals surface area contributed by atoms with Crippen molar-refractivity contribution in [2.45, 2.75) is 31.0 Å². The van der Waals surface area contributed by atoms with Crippen LogP contribution in [0, 0.1) is 15.9 Å². The number of nitrogens with one attached hydrogen (secondary N) is 1. The van der Waals surface area contributed by atoms with Crippen LogP contribution in [0.25, 0.3) is 0 Å². The molecule has 0 aliphatic carbocycles. The Hall–Kier alpha value is -3.98. The van der Waals surface area contributed by atoms with E-state index in [9.17, 15) is 19.3 Å². The molecule has 5 rings (SSSR count). The maximum atomic E-state index is 13.3. The van der Waals surface area contributed by atoms with Crippen molar-refractivity contribution in [2.24, 2.45) is 0 Å². The zero-order valence-corrected chi connectivity index (χ0v) is 19.9. The number of nitrogens with zero attached hydrogens (tertiary/aromatic N) is 2. The molecule has 3 aromatic carbocycles. The normalized spacial score (nSPS) is 22.9. The Kier molecular flexibility index (Phi) is 6.09. The van der Waals surface area contributed by atoms with E-state index in [0.29, 0.717) is 41.5 Å². The van der Waals surface area contributed by atoms with Crippen LogP contribution in [-0.4, -0.2) is 42.0 Å². The Balaban J connectivity index is 1.49. The maximum absolute atomic E-state index is 13.3. The van der Waals surface area contributed by atoms with Crippen molar-refractivity contribution >= 4 is 11.6 Å². The summed E-state index contributed by atoms with van der Waals surface area (Å²) in [5.41, 5.74) is 1.29. The first-order valence-corrected chi connectivity index (χ1v) is 11.8. The summed E-state index contributed by atoms with van der Waals surface area (Å²) < 4.78 is 24.9. The zero-order valence-electron chi connectivity index (χ0n) is 19.9. The monoisotopic (exact) mass is 491 g/mol. The number of carbonyl (C=O) groups excluding carboxylic acids is 1. The molecule has 1 saturated heterocycles. The third kappa shape index (κ3) is 3.76. The van der Waals surface area contributed by atoms with Gasteiger partial charge in [-0.3, -0.25) is 19.8 Å². The molecular formula is C27H26FN3O5. The highest BCUT2D eigenvalue weighted by molar-refractivity contribution is 6.06. The van der Waals surface area contributed by atoms with E-state index in [1.165, 1.54) is 12.1 Å². The molecule has 3 aromatic rings. The fraction of sp³-hybridized carbons (Fsp3) is 0.296. The molecular weight excluding hydrogens is 465 g/mol. The summed E-state index contributed by atoms with van der Waals surface area (Å²) in [6.07, 6.45) is 0. The van der Waals surface area contributed by atoms with Gasteiger partial charge in [-0.05, 0) is 55.4 Å². The Morgan fingerprint density at radius 1 is 1.11 bits per heavy atom. The third-order valence-electron chi connectivity index (χ3n) is 7.04. The van der Waals surface area contributed by atoms with E-state index in [-0.39, 0.29) is 23.3 Å². The first-order chi connectivity index (χ1) is 17.4. The van der Waals surface area contributed by atoms with E-state index in [4.69, 9.17) is 9.47 Å². The number of ether oxygens (including phenoxy) is 2. The Morgan fingerprint density at radius 3 is 2.58 bits per heavy atom. The van der Waals surface area contributed by atoms with Crippen molar-refractivity contribution in [3.05, 3.63) is 99.4 Å². The van der Waals surface area contributed by atoms with Crippen LogP contribution in [0.2, 0.25) is 0 Å². The molecule has 1 amide bonds. The number of likely N-dealkylation sites (N-methyl/N-ethyl adjacent to an activating group) is 1. The second-order valence-corrected chi connectivity index (χ2v) is 9.04. The summed E-state index contributed by atoms with van der Waals surface area (Å²) in [5.74, 6) is -0.338. The minimum absolute atomic E-state index is 0.212. The highest BCUT2D eigenvalue weighted by Gasteiger charge is 2.68. The molecule has 1 N–H and O–H groups in total. The number of anilines is 1. The fourth-order valence-corrected chi connectivity index (χ4v) is 5.46. The number of carbonyl (C=O) groups is 1. The number of rotatable bonds is 7. The second kappa shape index (κ2) is 9.23. The van der Waals surface area contributed by atoms with Gasteiger partial charge < -0.3 is 14.8 Å². The van der Waals surface area contributed by atoms with Gasteiger partial charge in [0.05, 0.1) is 12.5 Å². The molecule has 0 saturated carbocycles. The van der Waals surface area contributed by atoms with Gasteiger partial charge in [0.25, 0.3) is 11.9 Å². The molecule has 1 fully saturated rings. The summed E-state index contributed by atoms with van der Waals surface area (Å²) in [5, 5.41) is 15.4. The van der Waals surface area contributed by atoms with Gasteiger partial charge in [-0.1, -0.05) is 36.4 Å². The lowest BCUT2D eigenvalue weighted by atomic mass is 9.79.